The highest BCUT2D eigenvalue weighted by Gasteiger charge is 2.18. The zero-order valence-corrected chi connectivity index (χ0v) is 11.3. The van der Waals surface area contributed by atoms with E-state index in [1.54, 1.807) is 20.1 Å². The summed E-state index contributed by atoms with van der Waals surface area (Å²) in [7, 11) is 1.56. The summed E-state index contributed by atoms with van der Waals surface area (Å²) in [6, 6.07) is 1.64. The van der Waals surface area contributed by atoms with E-state index in [9.17, 15) is 4.79 Å². The maximum Gasteiger partial charge on any atom is 0.257 e. The highest BCUT2D eigenvalue weighted by molar-refractivity contribution is 6.33. The first-order chi connectivity index (χ1) is 8.60. The first kappa shape index (κ1) is 14.9. The van der Waals surface area contributed by atoms with Crippen molar-refractivity contribution in [3.8, 4) is 0 Å². The van der Waals surface area contributed by atoms with Gasteiger partial charge in [-0.2, -0.15) is 0 Å². The Morgan fingerprint density at radius 3 is 2.83 bits per heavy atom. The first-order valence-corrected chi connectivity index (χ1v) is 5.99. The van der Waals surface area contributed by atoms with Gasteiger partial charge in [0.05, 0.1) is 23.8 Å². The molecule has 0 aliphatic rings. The predicted molar refractivity (Wildman–Crippen MR) is 68.8 cm³/mol. The molecule has 1 aromatic heterocycles. The van der Waals surface area contributed by atoms with Crippen LogP contribution in [0.4, 0.5) is 0 Å². The van der Waals surface area contributed by atoms with Gasteiger partial charge in [0.2, 0.25) is 0 Å². The molecule has 6 heteroatoms. The van der Waals surface area contributed by atoms with Crippen LogP contribution in [0.2, 0.25) is 5.02 Å². The number of rotatable bonds is 6. The van der Waals surface area contributed by atoms with E-state index in [0.717, 1.165) is 5.69 Å². The molecule has 1 amide bonds. The number of hydrogen-bond donors (Lipinski definition) is 1. The summed E-state index contributed by atoms with van der Waals surface area (Å²) in [5, 5.41) is 9.33. The summed E-state index contributed by atoms with van der Waals surface area (Å²) >= 11 is 6.02. The molecule has 0 spiro atoms. The summed E-state index contributed by atoms with van der Waals surface area (Å²) in [5.74, 6) is -0.251. The van der Waals surface area contributed by atoms with Crippen LogP contribution in [-0.2, 0) is 4.74 Å². The number of methoxy groups -OCH3 is 1. The van der Waals surface area contributed by atoms with Gasteiger partial charge in [0, 0.05) is 32.1 Å². The number of ether oxygens (including phenoxy) is 1. The van der Waals surface area contributed by atoms with Crippen LogP contribution in [-0.4, -0.2) is 54.3 Å². The minimum Gasteiger partial charge on any atom is -0.395 e. The molecule has 0 saturated heterocycles. The number of halogens is 1. The van der Waals surface area contributed by atoms with Gasteiger partial charge in [-0.05, 0) is 13.0 Å². The zero-order valence-electron chi connectivity index (χ0n) is 10.5. The van der Waals surface area contributed by atoms with Crippen molar-refractivity contribution >= 4 is 17.5 Å². The normalized spacial score (nSPS) is 10.4. The summed E-state index contributed by atoms with van der Waals surface area (Å²) in [6.45, 7) is 2.75. The number of amides is 1. The second kappa shape index (κ2) is 7.31. The lowest BCUT2D eigenvalue weighted by Gasteiger charge is -2.21. The van der Waals surface area contributed by atoms with Crippen LogP contribution in [0, 0.1) is 6.92 Å². The van der Waals surface area contributed by atoms with Gasteiger partial charge in [-0.15, -0.1) is 0 Å². The van der Waals surface area contributed by atoms with Crippen molar-refractivity contribution in [3.63, 3.8) is 0 Å². The summed E-state index contributed by atoms with van der Waals surface area (Å²) < 4.78 is 4.93. The van der Waals surface area contributed by atoms with Gasteiger partial charge in [-0.3, -0.25) is 9.78 Å². The molecule has 0 bridgehead atoms. The van der Waals surface area contributed by atoms with Crippen molar-refractivity contribution in [3.05, 3.63) is 28.5 Å². The molecule has 0 fully saturated rings. The molecule has 100 valence electrons. The molecule has 1 aromatic rings. The molecular formula is C12H17ClN2O3. The fourth-order valence-corrected chi connectivity index (χ4v) is 1.78. The average Bonchev–Trinajstić information content (AvgIpc) is 2.33. The van der Waals surface area contributed by atoms with E-state index in [1.165, 1.54) is 11.1 Å². The molecule has 0 aliphatic heterocycles. The van der Waals surface area contributed by atoms with Gasteiger partial charge in [0.25, 0.3) is 5.91 Å². The van der Waals surface area contributed by atoms with Gasteiger partial charge in [-0.25, -0.2) is 0 Å². The number of aryl methyl sites for hydroxylation is 1. The fraction of sp³-hybridized carbons (Fsp3) is 0.500. The van der Waals surface area contributed by atoms with E-state index in [4.69, 9.17) is 21.4 Å². The third-order valence-electron chi connectivity index (χ3n) is 2.44. The number of nitrogens with zero attached hydrogens (tertiary/aromatic N) is 2. The number of pyridine rings is 1. The zero-order chi connectivity index (χ0) is 13.5. The van der Waals surface area contributed by atoms with Gasteiger partial charge in [0.1, 0.15) is 0 Å². The van der Waals surface area contributed by atoms with Crippen LogP contribution in [0.25, 0.3) is 0 Å². The topological polar surface area (TPSA) is 62.7 Å². The Hall–Kier alpha value is -1.17. The average molecular weight is 273 g/mol. The lowest BCUT2D eigenvalue weighted by molar-refractivity contribution is 0.0656. The Balaban J connectivity index is 2.87. The van der Waals surface area contributed by atoms with Crippen molar-refractivity contribution < 1.29 is 14.6 Å². The number of hydrogen-bond acceptors (Lipinski definition) is 4. The molecule has 1 rings (SSSR count). The molecule has 1 N–H and O–H groups in total. The summed E-state index contributed by atoms with van der Waals surface area (Å²) in [5.41, 5.74) is 1.09. The van der Waals surface area contributed by atoms with Crippen molar-refractivity contribution in [2.75, 3.05) is 33.4 Å². The summed E-state index contributed by atoms with van der Waals surface area (Å²) in [4.78, 5) is 17.8. The van der Waals surface area contributed by atoms with Crippen molar-refractivity contribution in [1.82, 2.24) is 9.88 Å². The smallest absolute Gasteiger partial charge is 0.257 e. The second-order valence-corrected chi connectivity index (χ2v) is 4.22. The first-order valence-electron chi connectivity index (χ1n) is 5.61. The van der Waals surface area contributed by atoms with Crippen molar-refractivity contribution in [2.24, 2.45) is 0 Å². The quantitative estimate of drug-likeness (QED) is 0.843. The second-order valence-electron chi connectivity index (χ2n) is 3.81. The van der Waals surface area contributed by atoms with Gasteiger partial charge < -0.3 is 14.7 Å². The lowest BCUT2D eigenvalue weighted by atomic mass is 10.2. The molecule has 0 saturated carbocycles. The minimum atomic E-state index is -0.251. The Labute approximate surface area is 111 Å². The molecule has 0 atom stereocenters. The molecule has 5 nitrogen and oxygen atoms in total. The highest BCUT2D eigenvalue weighted by Crippen LogP contribution is 2.17. The third kappa shape index (κ3) is 3.94. The Kier molecular flexibility index (Phi) is 6.04. The lowest BCUT2D eigenvalue weighted by Crippen LogP contribution is -2.36. The van der Waals surface area contributed by atoms with Crippen LogP contribution in [0.3, 0.4) is 0 Å². The molecule has 0 aromatic carbocycles. The Bertz CT molecular complexity index is 412. The molecule has 0 unspecified atom stereocenters. The van der Waals surface area contributed by atoms with E-state index in [0.29, 0.717) is 23.7 Å². The number of aliphatic hydroxyl groups is 1. The minimum absolute atomic E-state index is 0.105. The van der Waals surface area contributed by atoms with E-state index < -0.39 is 0 Å². The maximum atomic E-state index is 12.2. The van der Waals surface area contributed by atoms with E-state index >= 15 is 0 Å². The largest absolute Gasteiger partial charge is 0.395 e. The number of carbonyl (C=O) groups excluding carboxylic acids is 1. The van der Waals surface area contributed by atoms with Crippen LogP contribution in [0.5, 0.6) is 0 Å². The third-order valence-corrected chi connectivity index (χ3v) is 2.76. The standard InChI is InChI=1S/C12H17ClN2O3/c1-9-7-11(13)10(8-14-9)12(17)15(3-5-16)4-6-18-2/h7-8,16H,3-6H2,1-2H3. The molecule has 0 aliphatic carbocycles. The number of aliphatic hydroxyl groups excluding tert-OH is 1. The highest BCUT2D eigenvalue weighted by atomic mass is 35.5. The summed E-state index contributed by atoms with van der Waals surface area (Å²) in [6.07, 6.45) is 1.46. The Morgan fingerprint density at radius 1 is 1.56 bits per heavy atom. The van der Waals surface area contributed by atoms with E-state index in [2.05, 4.69) is 4.98 Å². The Morgan fingerprint density at radius 2 is 2.28 bits per heavy atom. The van der Waals surface area contributed by atoms with Gasteiger partial charge >= 0.3 is 0 Å². The van der Waals surface area contributed by atoms with Gasteiger partial charge in [-0.1, -0.05) is 11.6 Å². The van der Waals surface area contributed by atoms with E-state index in [-0.39, 0.29) is 19.1 Å². The molecule has 1 heterocycles. The molecular weight excluding hydrogens is 256 g/mol. The van der Waals surface area contributed by atoms with Crippen molar-refractivity contribution in [2.45, 2.75) is 6.92 Å². The predicted octanol–water partition coefficient (Wildman–Crippen LogP) is 1.12. The number of carbonyl (C=O) groups is 1. The molecule has 0 radical (unpaired) electrons. The van der Waals surface area contributed by atoms with Crippen molar-refractivity contribution in [1.29, 1.82) is 0 Å². The van der Waals surface area contributed by atoms with Crippen LogP contribution in [0.1, 0.15) is 16.1 Å². The SMILES string of the molecule is COCCN(CCO)C(=O)c1cnc(C)cc1Cl. The van der Waals surface area contributed by atoms with E-state index in [1.807, 2.05) is 0 Å². The maximum absolute atomic E-state index is 12.2. The van der Waals surface area contributed by atoms with Crippen LogP contribution < -0.4 is 0 Å². The fourth-order valence-electron chi connectivity index (χ4n) is 1.49. The number of aromatic nitrogens is 1. The van der Waals surface area contributed by atoms with Crippen LogP contribution >= 0.6 is 11.6 Å². The molecule has 18 heavy (non-hydrogen) atoms. The monoisotopic (exact) mass is 272 g/mol. The van der Waals surface area contributed by atoms with Crippen LogP contribution in [0.15, 0.2) is 12.3 Å². The van der Waals surface area contributed by atoms with Gasteiger partial charge in [0.15, 0.2) is 0 Å².